The number of hydrogen-bond donors (Lipinski definition) is 1. The number of hydrogen-bond acceptors (Lipinski definition) is 2. The zero-order valence-electron chi connectivity index (χ0n) is 8.31. The highest BCUT2D eigenvalue weighted by atomic mass is 16.5. The maximum atomic E-state index is 5.41. The maximum Gasteiger partial charge on any atom is 0.0619 e. The van der Waals surface area contributed by atoms with Crippen LogP contribution in [0.3, 0.4) is 0 Å². The molecule has 0 spiro atoms. The van der Waals surface area contributed by atoms with Gasteiger partial charge in [-0.2, -0.15) is 0 Å². The zero-order chi connectivity index (χ0) is 8.81. The van der Waals surface area contributed by atoms with E-state index in [1.165, 1.54) is 25.7 Å². The molecule has 1 atom stereocenters. The number of ether oxygens (including phenoxy) is 1. The largest absolute Gasteiger partial charge is 0.380 e. The van der Waals surface area contributed by atoms with Crippen molar-refractivity contribution in [2.75, 3.05) is 13.2 Å². The first kappa shape index (κ1) is 10.0. The third-order valence-corrected chi connectivity index (χ3v) is 2.62. The molecule has 0 aliphatic carbocycles. The predicted molar refractivity (Wildman–Crippen MR) is 51.3 cm³/mol. The summed E-state index contributed by atoms with van der Waals surface area (Å²) in [5.74, 6) is 0. The summed E-state index contributed by atoms with van der Waals surface area (Å²) < 4.78 is 5.41. The lowest BCUT2D eigenvalue weighted by Crippen LogP contribution is -2.42. The highest BCUT2D eigenvalue weighted by Crippen LogP contribution is 2.08. The molecule has 1 aliphatic heterocycles. The fourth-order valence-corrected chi connectivity index (χ4v) is 1.73. The molecular formula is C10H21NO. The van der Waals surface area contributed by atoms with Crippen molar-refractivity contribution in [1.82, 2.24) is 5.32 Å². The van der Waals surface area contributed by atoms with Gasteiger partial charge in [0, 0.05) is 18.7 Å². The summed E-state index contributed by atoms with van der Waals surface area (Å²) in [6, 6.07) is 1.31. The second-order valence-corrected chi connectivity index (χ2v) is 3.59. The van der Waals surface area contributed by atoms with Crippen LogP contribution in [0.1, 0.15) is 39.5 Å². The Bertz CT molecular complexity index is 106. The molecule has 0 radical (unpaired) electrons. The molecule has 1 fully saturated rings. The summed E-state index contributed by atoms with van der Waals surface area (Å²) in [5, 5.41) is 3.63. The molecule has 1 aliphatic rings. The first-order valence-corrected chi connectivity index (χ1v) is 5.20. The Morgan fingerprint density at radius 3 is 2.67 bits per heavy atom. The molecule has 1 rings (SSSR count). The van der Waals surface area contributed by atoms with Crippen LogP contribution >= 0.6 is 0 Å². The van der Waals surface area contributed by atoms with Crippen LogP contribution < -0.4 is 5.32 Å². The summed E-state index contributed by atoms with van der Waals surface area (Å²) in [4.78, 5) is 0. The van der Waals surface area contributed by atoms with E-state index in [-0.39, 0.29) is 0 Å². The normalized spacial score (nSPS) is 24.8. The summed E-state index contributed by atoms with van der Waals surface area (Å²) in [6.07, 6.45) is 4.97. The number of rotatable bonds is 4. The number of nitrogens with one attached hydrogen (secondary N) is 1. The van der Waals surface area contributed by atoms with Crippen LogP contribution in [-0.2, 0) is 4.74 Å². The molecule has 72 valence electrons. The topological polar surface area (TPSA) is 21.3 Å². The molecule has 0 bridgehead atoms. The molecule has 1 unspecified atom stereocenters. The van der Waals surface area contributed by atoms with Crippen LogP contribution in [-0.4, -0.2) is 25.3 Å². The van der Waals surface area contributed by atoms with Crippen LogP contribution in [0, 0.1) is 0 Å². The van der Waals surface area contributed by atoms with Gasteiger partial charge in [0.25, 0.3) is 0 Å². The third-order valence-electron chi connectivity index (χ3n) is 2.62. The molecule has 1 saturated heterocycles. The average molecular weight is 171 g/mol. The molecular weight excluding hydrogens is 150 g/mol. The Balaban J connectivity index is 2.18. The van der Waals surface area contributed by atoms with Crippen LogP contribution in [0.15, 0.2) is 0 Å². The van der Waals surface area contributed by atoms with Gasteiger partial charge in [0.15, 0.2) is 0 Å². The maximum absolute atomic E-state index is 5.41. The van der Waals surface area contributed by atoms with Crippen molar-refractivity contribution in [2.45, 2.75) is 51.6 Å². The lowest BCUT2D eigenvalue weighted by atomic mass is 10.1. The minimum Gasteiger partial charge on any atom is -0.380 e. The van der Waals surface area contributed by atoms with Gasteiger partial charge in [-0.25, -0.2) is 0 Å². The van der Waals surface area contributed by atoms with Crippen molar-refractivity contribution in [3.63, 3.8) is 0 Å². The van der Waals surface area contributed by atoms with E-state index in [9.17, 15) is 0 Å². The molecule has 0 saturated carbocycles. The minimum atomic E-state index is 0.614. The smallest absolute Gasteiger partial charge is 0.0619 e. The van der Waals surface area contributed by atoms with Gasteiger partial charge in [0.1, 0.15) is 0 Å². The molecule has 12 heavy (non-hydrogen) atoms. The van der Waals surface area contributed by atoms with E-state index in [2.05, 4.69) is 19.2 Å². The molecule has 0 aromatic heterocycles. The van der Waals surface area contributed by atoms with Gasteiger partial charge < -0.3 is 10.1 Å². The molecule has 0 aromatic rings. The quantitative estimate of drug-likeness (QED) is 0.698. The lowest BCUT2D eigenvalue weighted by Gasteiger charge is -2.27. The van der Waals surface area contributed by atoms with E-state index in [1.54, 1.807) is 0 Å². The zero-order valence-corrected chi connectivity index (χ0v) is 8.31. The van der Waals surface area contributed by atoms with Gasteiger partial charge in [-0.3, -0.25) is 0 Å². The Morgan fingerprint density at radius 1 is 1.42 bits per heavy atom. The van der Waals surface area contributed by atoms with Gasteiger partial charge >= 0.3 is 0 Å². The van der Waals surface area contributed by atoms with Crippen LogP contribution in [0.2, 0.25) is 0 Å². The molecule has 1 heterocycles. The van der Waals surface area contributed by atoms with Gasteiger partial charge in [-0.05, 0) is 25.7 Å². The van der Waals surface area contributed by atoms with Crippen molar-refractivity contribution in [3.05, 3.63) is 0 Å². The van der Waals surface area contributed by atoms with E-state index in [1.807, 2.05) is 0 Å². The molecule has 1 N–H and O–H groups in total. The van der Waals surface area contributed by atoms with E-state index < -0.39 is 0 Å². The standard InChI is InChI=1S/C10H21NO/c1-3-9(4-2)11-10-6-5-7-12-8-10/h9-11H,3-8H2,1-2H3. The van der Waals surface area contributed by atoms with Gasteiger partial charge in [0.05, 0.1) is 6.61 Å². The van der Waals surface area contributed by atoms with Crippen LogP contribution in [0.4, 0.5) is 0 Å². The first-order chi connectivity index (χ1) is 5.86. The van der Waals surface area contributed by atoms with E-state index in [0.717, 1.165) is 13.2 Å². The highest BCUT2D eigenvalue weighted by molar-refractivity contribution is 4.74. The lowest BCUT2D eigenvalue weighted by molar-refractivity contribution is 0.0659. The monoisotopic (exact) mass is 171 g/mol. The highest BCUT2D eigenvalue weighted by Gasteiger charge is 2.15. The summed E-state index contributed by atoms with van der Waals surface area (Å²) in [5.41, 5.74) is 0. The van der Waals surface area contributed by atoms with Gasteiger partial charge in [-0.15, -0.1) is 0 Å². The second kappa shape index (κ2) is 5.55. The molecule has 0 amide bonds. The van der Waals surface area contributed by atoms with Crippen molar-refractivity contribution >= 4 is 0 Å². The van der Waals surface area contributed by atoms with Crippen molar-refractivity contribution in [2.24, 2.45) is 0 Å². The van der Waals surface area contributed by atoms with E-state index in [4.69, 9.17) is 4.74 Å². The molecule has 0 aromatic carbocycles. The Hall–Kier alpha value is -0.0800. The van der Waals surface area contributed by atoms with Crippen molar-refractivity contribution in [1.29, 1.82) is 0 Å². The minimum absolute atomic E-state index is 0.614. The van der Waals surface area contributed by atoms with Crippen LogP contribution in [0.5, 0.6) is 0 Å². The molecule has 2 heteroatoms. The van der Waals surface area contributed by atoms with Crippen molar-refractivity contribution < 1.29 is 4.74 Å². The fraction of sp³-hybridized carbons (Fsp3) is 1.00. The van der Waals surface area contributed by atoms with Gasteiger partial charge in [-0.1, -0.05) is 13.8 Å². The second-order valence-electron chi connectivity index (χ2n) is 3.59. The van der Waals surface area contributed by atoms with E-state index in [0.29, 0.717) is 12.1 Å². The summed E-state index contributed by atoms with van der Waals surface area (Å²) in [7, 11) is 0. The Morgan fingerprint density at radius 2 is 2.17 bits per heavy atom. The van der Waals surface area contributed by atoms with Gasteiger partial charge in [0.2, 0.25) is 0 Å². The Labute approximate surface area is 75.7 Å². The van der Waals surface area contributed by atoms with Crippen LogP contribution in [0.25, 0.3) is 0 Å². The summed E-state index contributed by atoms with van der Waals surface area (Å²) in [6.45, 7) is 6.35. The first-order valence-electron chi connectivity index (χ1n) is 5.20. The van der Waals surface area contributed by atoms with Crippen molar-refractivity contribution in [3.8, 4) is 0 Å². The summed E-state index contributed by atoms with van der Waals surface area (Å²) >= 11 is 0. The fourth-order valence-electron chi connectivity index (χ4n) is 1.73. The van der Waals surface area contributed by atoms with E-state index >= 15 is 0 Å². The Kier molecular flexibility index (Phi) is 4.62. The molecule has 2 nitrogen and oxygen atoms in total. The third kappa shape index (κ3) is 3.11. The SMILES string of the molecule is CCC(CC)NC1CCCOC1. The average Bonchev–Trinajstić information content (AvgIpc) is 2.16. The predicted octanol–water partition coefficient (Wildman–Crippen LogP) is 1.94.